The number of aromatic nitrogens is 1. The summed E-state index contributed by atoms with van der Waals surface area (Å²) in [7, 11) is 0. The van der Waals surface area contributed by atoms with Gasteiger partial charge in [-0.2, -0.15) is 0 Å². The number of hydrogen-bond acceptors (Lipinski definition) is 3. The topological polar surface area (TPSA) is 73.5 Å². The first-order valence-corrected chi connectivity index (χ1v) is 9.00. The summed E-state index contributed by atoms with van der Waals surface area (Å²) in [6, 6.07) is 8.19. The number of hydrogen-bond donors (Lipinski definition) is 1. The molecule has 0 saturated carbocycles. The van der Waals surface area contributed by atoms with Gasteiger partial charge in [-0.25, -0.2) is 0 Å². The van der Waals surface area contributed by atoms with Crippen LogP contribution in [-0.4, -0.2) is 52.1 Å². The van der Waals surface area contributed by atoms with E-state index in [2.05, 4.69) is 23.2 Å². The largest absolute Gasteiger partial charge is 0.361 e. The van der Waals surface area contributed by atoms with Crippen LogP contribution < -0.4 is 0 Å². The van der Waals surface area contributed by atoms with Gasteiger partial charge >= 0.3 is 0 Å². The zero-order valence-corrected chi connectivity index (χ0v) is 14.5. The molecule has 0 unspecified atom stereocenters. The SMILES string of the molecule is O=C(CCN1C(=O)CCC1=O)N1CC=C(c2c[nH]c3ccccc23)CC1. The first kappa shape index (κ1) is 16.6. The zero-order valence-electron chi connectivity index (χ0n) is 14.5. The quantitative estimate of drug-likeness (QED) is 0.859. The Morgan fingerprint density at radius 3 is 2.58 bits per heavy atom. The van der Waals surface area contributed by atoms with Crippen LogP contribution in [0.5, 0.6) is 0 Å². The average molecular weight is 351 g/mol. The number of rotatable bonds is 4. The van der Waals surface area contributed by atoms with E-state index in [-0.39, 0.29) is 43.5 Å². The van der Waals surface area contributed by atoms with E-state index in [0.717, 1.165) is 11.9 Å². The molecule has 2 aliphatic rings. The minimum atomic E-state index is -0.164. The number of aromatic amines is 1. The molecule has 1 N–H and O–H groups in total. The number of carbonyl (C=O) groups excluding carboxylic acids is 3. The molecule has 1 fully saturated rings. The maximum absolute atomic E-state index is 12.4. The van der Waals surface area contributed by atoms with E-state index in [9.17, 15) is 14.4 Å². The predicted octanol–water partition coefficient (Wildman–Crippen LogP) is 2.32. The molecular weight excluding hydrogens is 330 g/mol. The number of H-pyrrole nitrogens is 1. The minimum absolute atomic E-state index is 0.00766. The fourth-order valence-corrected chi connectivity index (χ4v) is 3.72. The van der Waals surface area contributed by atoms with Crippen molar-refractivity contribution in [2.75, 3.05) is 19.6 Å². The lowest BCUT2D eigenvalue weighted by molar-refractivity contribution is -0.139. The van der Waals surface area contributed by atoms with E-state index in [1.54, 1.807) is 4.90 Å². The van der Waals surface area contributed by atoms with Crippen LogP contribution in [0.1, 0.15) is 31.2 Å². The van der Waals surface area contributed by atoms with Crippen LogP contribution in [-0.2, 0) is 14.4 Å². The summed E-state index contributed by atoms with van der Waals surface area (Å²) < 4.78 is 0. The van der Waals surface area contributed by atoms with Crippen LogP contribution >= 0.6 is 0 Å². The smallest absolute Gasteiger partial charge is 0.229 e. The minimum Gasteiger partial charge on any atom is -0.361 e. The summed E-state index contributed by atoms with van der Waals surface area (Å²) in [4.78, 5) is 42.0. The number of imide groups is 1. The lowest BCUT2D eigenvalue weighted by Gasteiger charge is -2.27. The Hall–Kier alpha value is -2.89. The number of para-hydroxylation sites is 1. The van der Waals surface area contributed by atoms with E-state index >= 15 is 0 Å². The Kier molecular flexibility index (Phi) is 4.32. The van der Waals surface area contributed by atoms with Gasteiger partial charge in [0.25, 0.3) is 0 Å². The lowest BCUT2D eigenvalue weighted by Crippen LogP contribution is -2.38. The molecule has 0 spiro atoms. The molecule has 0 radical (unpaired) electrons. The molecule has 3 heterocycles. The zero-order chi connectivity index (χ0) is 18.1. The summed E-state index contributed by atoms with van der Waals surface area (Å²) in [5.74, 6) is -0.336. The van der Waals surface area contributed by atoms with Crippen molar-refractivity contribution in [2.24, 2.45) is 0 Å². The van der Waals surface area contributed by atoms with Crippen LogP contribution in [0, 0.1) is 0 Å². The third-order valence-electron chi connectivity index (χ3n) is 5.20. The highest BCUT2D eigenvalue weighted by molar-refractivity contribution is 6.02. The summed E-state index contributed by atoms with van der Waals surface area (Å²) in [5.41, 5.74) is 3.55. The molecule has 0 atom stereocenters. The van der Waals surface area contributed by atoms with Crippen molar-refractivity contribution < 1.29 is 14.4 Å². The van der Waals surface area contributed by atoms with Gasteiger partial charge in [0.05, 0.1) is 0 Å². The van der Waals surface area contributed by atoms with Crippen LogP contribution in [0.2, 0.25) is 0 Å². The van der Waals surface area contributed by atoms with E-state index in [1.165, 1.54) is 21.4 Å². The van der Waals surface area contributed by atoms with Crippen LogP contribution in [0.4, 0.5) is 0 Å². The second-order valence-corrected chi connectivity index (χ2v) is 6.76. The van der Waals surface area contributed by atoms with Crippen molar-refractivity contribution in [3.63, 3.8) is 0 Å². The molecule has 6 nitrogen and oxygen atoms in total. The second kappa shape index (κ2) is 6.78. The highest BCUT2D eigenvalue weighted by atomic mass is 16.2. The van der Waals surface area contributed by atoms with Crippen LogP contribution in [0.3, 0.4) is 0 Å². The molecule has 2 aromatic rings. The average Bonchev–Trinajstić information content (AvgIpc) is 3.23. The summed E-state index contributed by atoms with van der Waals surface area (Å²) in [5, 5.41) is 1.20. The number of carbonyl (C=O) groups is 3. The molecule has 2 aliphatic heterocycles. The predicted molar refractivity (Wildman–Crippen MR) is 98.0 cm³/mol. The molecule has 4 rings (SSSR count). The fourth-order valence-electron chi connectivity index (χ4n) is 3.72. The highest BCUT2D eigenvalue weighted by Gasteiger charge is 2.29. The first-order chi connectivity index (χ1) is 12.6. The van der Waals surface area contributed by atoms with Gasteiger partial charge in [-0.05, 0) is 18.1 Å². The molecule has 1 aromatic heterocycles. The molecule has 6 heteroatoms. The van der Waals surface area contributed by atoms with Gasteiger partial charge < -0.3 is 9.88 Å². The molecule has 0 bridgehead atoms. The number of benzene rings is 1. The summed E-state index contributed by atoms with van der Waals surface area (Å²) in [6.45, 7) is 1.42. The Morgan fingerprint density at radius 2 is 1.85 bits per heavy atom. The van der Waals surface area contributed by atoms with Gasteiger partial charge in [0.2, 0.25) is 17.7 Å². The van der Waals surface area contributed by atoms with Gasteiger partial charge in [-0.3, -0.25) is 19.3 Å². The van der Waals surface area contributed by atoms with Crippen molar-refractivity contribution in [3.05, 3.63) is 42.1 Å². The highest BCUT2D eigenvalue weighted by Crippen LogP contribution is 2.29. The molecule has 26 heavy (non-hydrogen) atoms. The first-order valence-electron chi connectivity index (χ1n) is 9.00. The Morgan fingerprint density at radius 1 is 1.08 bits per heavy atom. The number of amides is 3. The number of fused-ring (bicyclic) bond motifs is 1. The Balaban J connectivity index is 1.38. The van der Waals surface area contributed by atoms with Crippen molar-refractivity contribution in [1.82, 2.24) is 14.8 Å². The summed E-state index contributed by atoms with van der Waals surface area (Å²) >= 11 is 0. The fraction of sp³-hybridized carbons (Fsp3) is 0.350. The molecule has 3 amide bonds. The molecular formula is C20H21N3O3. The monoisotopic (exact) mass is 351 g/mol. The third-order valence-corrected chi connectivity index (χ3v) is 5.20. The Bertz CT molecular complexity index is 896. The lowest BCUT2D eigenvalue weighted by atomic mass is 9.99. The van der Waals surface area contributed by atoms with E-state index in [0.29, 0.717) is 13.1 Å². The maximum atomic E-state index is 12.4. The number of likely N-dealkylation sites (tertiary alicyclic amines) is 1. The van der Waals surface area contributed by atoms with Crippen LogP contribution in [0.15, 0.2) is 36.5 Å². The van der Waals surface area contributed by atoms with Gasteiger partial charge in [0, 0.05) is 61.6 Å². The van der Waals surface area contributed by atoms with Gasteiger partial charge in [-0.1, -0.05) is 24.3 Å². The molecule has 1 aromatic carbocycles. The second-order valence-electron chi connectivity index (χ2n) is 6.76. The van der Waals surface area contributed by atoms with Gasteiger partial charge in [-0.15, -0.1) is 0 Å². The standard InChI is InChI=1S/C20H21N3O3/c24-18(9-12-23-19(25)5-6-20(23)26)22-10-7-14(8-11-22)16-13-21-17-4-2-1-3-15(16)17/h1-4,7,13,21H,5-6,8-12H2. The third kappa shape index (κ3) is 3.03. The van der Waals surface area contributed by atoms with Crippen molar-refractivity contribution >= 4 is 34.2 Å². The molecule has 1 saturated heterocycles. The van der Waals surface area contributed by atoms with Crippen molar-refractivity contribution in [1.29, 1.82) is 0 Å². The molecule has 134 valence electrons. The van der Waals surface area contributed by atoms with E-state index < -0.39 is 0 Å². The Labute approximate surface area is 151 Å². The van der Waals surface area contributed by atoms with Gasteiger partial charge in [0.15, 0.2) is 0 Å². The van der Waals surface area contributed by atoms with Crippen LogP contribution in [0.25, 0.3) is 16.5 Å². The number of nitrogens with one attached hydrogen (secondary N) is 1. The number of nitrogens with zero attached hydrogens (tertiary/aromatic N) is 2. The van der Waals surface area contributed by atoms with Gasteiger partial charge in [0.1, 0.15) is 0 Å². The maximum Gasteiger partial charge on any atom is 0.229 e. The summed E-state index contributed by atoms with van der Waals surface area (Å²) in [6.07, 6.45) is 5.67. The van der Waals surface area contributed by atoms with Crippen molar-refractivity contribution in [3.8, 4) is 0 Å². The molecule has 0 aliphatic carbocycles. The van der Waals surface area contributed by atoms with E-state index in [1.807, 2.05) is 18.3 Å². The van der Waals surface area contributed by atoms with E-state index in [4.69, 9.17) is 0 Å². The normalized spacial score (nSPS) is 17.9. The van der Waals surface area contributed by atoms with Crippen molar-refractivity contribution in [2.45, 2.75) is 25.7 Å².